The number of aromatic nitrogens is 3. The highest BCUT2D eigenvalue weighted by Crippen LogP contribution is 2.18. The van der Waals surface area contributed by atoms with Gasteiger partial charge in [-0.3, -0.25) is 9.89 Å². The van der Waals surface area contributed by atoms with E-state index >= 15 is 0 Å². The molecule has 2 aromatic rings. The second kappa shape index (κ2) is 5.64. The molecule has 0 aliphatic heterocycles. The van der Waals surface area contributed by atoms with Crippen LogP contribution < -0.4 is 5.56 Å². The van der Waals surface area contributed by atoms with E-state index in [0.717, 1.165) is 4.68 Å². The van der Waals surface area contributed by atoms with Gasteiger partial charge < -0.3 is 0 Å². The topological polar surface area (TPSA) is 63.0 Å². The summed E-state index contributed by atoms with van der Waals surface area (Å²) in [6.07, 6.45) is 1.42. The minimum atomic E-state index is -0.391. The van der Waals surface area contributed by atoms with Gasteiger partial charge in [-0.2, -0.15) is 14.9 Å². The quantitative estimate of drug-likeness (QED) is 0.685. The number of benzene rings is 1. The lowest BCUT2D eigenvalue weighted by molar-refractivity contribution is 0.720. The van der Waals surface area contributed by atoms with Gasteiger partial charge in [0.05, 0.1) is 6.21 Å². The lowest BCUT2D eigenvalue weighted by Crippen LogP contribution is -2.22. The number of hydrogen-bond acceptors (Lipinski definition) is 4. The van der Waals surface area contributed by atoms with Crippen LogP contribution in [0.15, 0.2) is 28.1 Å². The number of halogens is 2. The van der Waals surface area contributed by atoms with Gasteiger partial charge in [0.2, 0.25) is 4.77 Å². The molecule has 0 aliphatic rings. The molecule has 0 bridgehead atoms. The first-order chi connectivity index (χ1) is 8.99. The van der Waals surface area contributed by atoms with Crippen LogP contribution >= 0.6 is 35.4 Å². The Bertz CT molecular complexity index is 766. The SMILES string of the molecule is Cc1n[nH]c(=S)n(N=Cc2cc(Cl)ccc2Cl)c1=O. The maximum Gasteiger partial charge on any atom is 0.296 e. The summed E-state index contributed by atoms with van der Waals surface area (Å²) in [5.74, 6) is 0. The highest BCUT2D eigenvalue weighted by atomic mass is 35.5. The summed E-state index contributed by atoms with van der Waals surface area (Å²) >= 11 is 16.8. The van der Waals surface area contributed by atoms with E-state index in [1.807, 2.05) is 0 Å². The summed E-state index contributed by atoms with van der Waals surface area (Å²) in [5, 5.41) is 11.3. The molecule has 98 valence electrons. The molecule has 1 aromatic heterocycles. The minimum absolute atomic E-state index is 0.102. The van der Waals surface area contributed by atoms with E-state index in [9.17, 15) is 4.79 Å². The Labute approximate surface area is 123 Å². The summed E-state index contributed by atoms with van der Waals surface area (Å²) in [7, 11) is 0. The van der Waals surface area contributed by atoms with Gasteiger partial charge in [0.15, 0.2) is 0 Å². The van der Waals surface area contributed by atoms with Crippen molar-refractivity contribution >= 4 is 41.6 Å². The fourth-order valence-corrected chi connectivity index (χ4v) is 1.83. The van der Waals surface area contributed by atoms with E-state index < -0.39 is 5.56 Å². The Morgan fingerprint density at radius 1 is 1.47 bits per heavy atom. The molecule has 1 aromatic carbocycles. The van der Waals surface area contributed by atoms with Crippen molar-refractivity contribution in [3.05, 3.63) is 54.6 Å². The van der Waals surface area contributed by atoms with Crippen LogP contribution in [0.25, 0.3) is 0 Å². The van der Waals surface area contributed by atoms with Gasteiger partial charge in [0.25, 0.3) is 5.56 Å². The highest BCUT2D eigenvalue weighted by molar-refractivity contribution is 7.71. The van der Waals surface area contributed by atoms with Gasteiger partial charge in [-0.1, -0.05) is 23.2 Å². The van der Waals surface area contributed by atoms with E-state index in [1.165, 1.54) is 6.21 Å². The molecule has 0 saturated carbocycles. The van der Waals surface area contributed by atoms with Crippen LogP contribution in [0, 0.1) is 11.7 Å². The van der Waals surface area contributed by atoms with Gasteiger partial charge in [0, 0.05) is 15.6 Å². The van der Waals surface area contributed by atoms with Crippen molar-refractivity contribution in [3.63, 3.8) is 0 Å². The number of rotatable bonds is 2. The fraction of sp³-hybridized carbons (Fsp3) is 0.0909. The predicted octanol–water partition coefficient (Wildman–Crippen LogP) is 2.80. The lowest BCUT2D eigenvalue weighted by atomic mass is 10.2. The molecule has 0 spiro atoms. The van der Waals surface area contributed by atoms with Crippen molar-refractivity contribution in [3.8, 4) is 0 Å². The average Bonchev–Trinajstić information content (AvgIpc) is 2.38. The lowest BCUT2D eigenvalue weighted by Gasteiger charge is -2.00. The van der Waals surface area contributed by atoms with Crippen LogP contribution in [0.4, 0.5) is 0 Å². The first-order valence-corrected chi connectivity index (χ1v) is 6.33. The minimum Gasteiger partial charge on any atom is -0.265 e. The largest absolute Gasteiger partial charge is 0.296 e. The Hall–Kier alpha value is -1.50. The summed E-state index contributed by atoms with van der Waals surface area (Å²) in [6.45, 7) is 1.56. The number of nitrogens with one attached hydrogen (secondary N) is 1. The van der Waals surface area contributed by atoms with Crippen molar-refractivity contribution in [1.29, 1.82) is 0 Å². The van der Waals surface area contributed by atoms with Crippen LogP contribution in [-0.2, 0) is 0 Å². The molecular formula is C11H8Cl2N4OS. The fourth-order valence-electron chi connectivity index (χ4n) is 1.31. The number of nitrogens with zero attached hydrogens (tertiary/aromatic N) is 3. The average molecular weight is 315 g/mol. The second-order valence-corrected chi connectivity index (χ2v) is 4.87. The van der Waals surface area contributed by atoms with E-state index in [1.54, 1.807) is 25.1 Å². The third-order valence-corrected chi connectivity index (χ3v) is 3.13. The predicted molar refractivity (Wildman–Crippen MR) is 77.9 cm³/mol. The van der Waals surface area contributed by atoms with Gasteiger partial charge in [-0.15, -0.1) is 0 Å². The van der Waals surface area contributed by atoms with E-state index in [4.69, 9.17) is 35.4 Å². The monoisotopic (exact) mass is 314 g/mol. The maximum absolute atomic E-state index is 11.8. The Morgan fingerprint density at radius 3 is 2.95 bits per heavy atom. The number of aryl methyl sites for hydroxylation is 1. The third kappa shape index (κ3) is 3.09. The summed E-state index contributed by atoms with van der Waals surface area (Å²) in [6, 6.07) is 4.95. The normalized spacial score (nSPS) is 11.1. The zero-order valence-electron chi connectivity index (χ0n) is 9.72. The number of aromatic amines is 1. The molecule has 0 amide bonds. The molecule has 2 rings (SSSR count). The van der Waals surface area contributed by atoms with Crippen molar-refractivity contribution < 1.29 is 0 Å². The Morgan fingerprint density at radius 2 is 2.21 bits per heavy atom. The summed E-state index contributed by atoms with van der Waals surface area (Å²) in [4.78, 5) is 11.8. The molecule has 0 fully saturated rings. The third-order valence-electron chi connectivity index (χ3n) is 2.28. The van der Waals surface area contributed by atoms with Crippen LogP contribution in [0.2, 0.25) is 10.0 Å². The Kier molecular flexibility index (Phi) is 4.14. The summed E-state index contributed by atoms with van der Waals surface area (Å²) < 4.78 is 1.14. The van der Waals surface area contributed by atoms with E-state index in [-0.39, 0.29) is 10.5 Å². The smallest absolute Gasteiger partial charge is 0.265 e. The zero-order valence-corrected chi connectivity index (χ0v) is 12.1. The standard InChI is InChI=1S/C11H8Cl2N4OS/c1-6-10(18)17(11(19)16-15-6)14-5-7-4-8(12)2-3-9(7)13/h2-5H,1H3,(H,16,19). The molecule has 1 heterocycles. The maximum atomic E-state index is 11.8. The van der Waals surface area contributed by atoms with Crippen LogP contribution in [-0.4, -0.2) is 21.1 Å². The molecule has 0 unspecified atom stereocenters. The molecule has 0 saturated heterocycles. The van der Waals surface area contributed by atoms with Gasteiger partial charge in [-0.25, -0.2) is 0 Å². The molecule has 0 aliphatic carbocycles. The van der Waals surface area contributed by atoms with Gasteiger partial charge >= 0.3 is 0 Å². The first kappa shape index (κ1) is 13.9. The number of H-pyrrole nitrogens is 1. The molecule has 5 nitrogen and oxygen atoms in total. The van der Waals surface area contributed by atoms with Crippen LogP contribution in [0.1, 0.15) is 11.3 Å². The number of hydrogen-bond donors (Lipinski definition) is 1. The highest BCUT2D eigenvalue weighted by Gasteiger charge is 2.02. The van der Waals surface area contributed by atoms with Crippen molar-refractivity contribution in [2.75, 3.05) is 0 Å². The van der Waals surface area contributed by atoms with Crippen molar-refractivity contribution in [1.82, 2.24) is 14.9 Å². The molecule has 19 heavy (non-hydrogen) atoms. The first-order valence-electron chi connectivity index (χ1n) is 5.17. The van der Waals surface area contributed by atoms with Gasteiger partial charge in [0.1, 0.15) is 5.69 Å². The Balaban J connectivity index is 2.50. The summed E-state index contributed by atoms with van der Waals surface area (Å²) in [5.41, 5.74) is 0.464. The molecule has 1 N–H and O–H groups in total. The van der Waals surface area contributed by atoms with Crippen molar-refractivity contribution in [2.24, 2.45) is 5.10 Å². The van der Waals surface area contributed by atoms with Gasteiger partial charge in [-0.05, 0) is 37.3 Å². The second-order valence-electron chi connectivity index (χ2n) is 3.64. The van der Waals surface area contributed by atoms with Crippen LogP contribution in [0.5, 0.6) is 0 Å². The van der Waals surface area contributed by atoms with E-state index in [2.05, 4.69) is 15.3 Å². The molecule has 8 heteroatoms. The van der Waals surface area contributed by atoms with Crippen molar-refractivity contribution in [2.45, 2.75) is 6.92 Å². The molecule has 0 radical (unpaired) electrons. The van der Waals surface area contributed by atoms with Crippen LogP contribution in [0.3, 0.4) is 0 Å². The molecule has 0 atom stereocenters. The molecular weight excluding hydrogens is 307 g/mol. The van der Waals surface area contributed by atoms with E-state index in [0.29, 0.717) is 15.6 Å². The zero-order chi connectivity index (χ0) is 14.0.